The highest BCUT2D eigenvalue weighted by atomic mass is 16.5. The van der Waals surface area contributed by atoms with Crippen LogP contribution in [0.5, 0.6) is 0 Å². The van der Waals surface area contributed by atoms with Crippen molar-refractivity contribution in [2.45, 2.75) is 46.5 Å². The van der Waals surface area contributed by atoms with Crippen LogP contribution in [-0.4, -0.2) is 0 Å². The van der Waals surface area contributed by atoms with Crippen molar-refractivity contribution < 1.29 is 4.74 Å². The van der Waals surface area contributed by atoms with Crippen LogP contribution in [0.3, 0.4) is 0 Å². The fourth-order valence-electron chi connectivity index (χ4n) is 2.84. The van der Waals surface area contributed by atoms with E-state index in [0.29, 0.717) is 17.3 Å². The summed E-state index contributed by atoms with van der Waals surface area (Å²) >= 11 is 0. The first-order chi connectivity index (χ1) is 11.2. The Kier molecular flexibility index (Phi) is 4.71. The van der Waals surface area contributed by atoms with E-state index >= 15 is 0 Å². The molecule has 0 saturated carbocycles. The van der Waals surface area contributed by atoms with Gasteiger partial charge in [0.05, 0.1) is 17.6 Å². The van der Waals surface area contributed by atoms with Crippen LogP contribution in [-0.2, 0) is 4.74 Å². The average molecular weight is 321 g/mol. The van der Waals surface area contributed by atoms with Crippen LogP contribution >= 0.6 is 0 Å². The van der Waals surface area contributed by atoms with Crippen LogP contribution in [0.2, 0.25) is 0 Å². The molecule has 0 fully saturated rings. The largest absolute Gasteiger partial charge is 0.443 e. The first kappa shape index (κ1) is 17.6. The normalized spacial score (nSPS) is 18.2. The number of hydrogen-bond acceptors (Lipinski definition) is 4. The van der Waals surface area contributed by atoms with Crippen molar-refractivity contribution in [3.63, 3.8) is 0 Å². The number of nitrogens with zero attached hydrogens (tertiary/aromatic N) is 2. The fraction of sp³-hybridized carbons (Fsp3) is 0.400. The smallest absolute Gasteiger partial charge is 0.205 e. The number of nitrogens with two attached hydrogens (primary N) is 1. The van der Waals surface area contributed by atoms with Crippen molar-refractivity contribution in [3.8, 4) is 12.1 Å². The van der Waals surface area contributed by atoms with Gasteiger partial charge in [0.15, 0.2) is 0 Å². The molecule has 0 amide bonds. The topological polar surface area (TPSA) is 82.8 Å². The molecule has 1 aliphatic heterocycles. The summed E-state index contributed by atoms with van der Waals surface area (Å²) in [7, 11) is 0. The van der Waals surface area contributed by atoms with Crippen molar-refractivity contribution in [2.24, 2.45) is 11.1 Å². The molecule has 4 nitrogen and oxygen atoms in total. The summed E-state index contributed by atoms with van der Waals surface area (Å²) in [6, 6.07) is 12.4. The molecule has 1 aromatic rings. The predicted octanol–water partition coefficient (Wildman–Crippen LogP) is 4.44. The zero-order valence-electron chi connectivity index (χ0n) is 14.8. The van der Waals surface area contributed by atoms with E-state index < -0.39 is 5.92 Å². The van der Waals surface area contributed by atoms with Gasteiger partial charge in [0, 0.05) is 5.41 Å². The molecule has 0 aliphatic carbocycles. The van der Waals surface area contributed by atoms with Gasteiger partial charge in [-0.2, -0.15) is 10.5 Å². The third kappa shape index (κ3) is 3.14. The number of nitriles is 2. The summed E-state index contributed by atoms with van der Waals surface area (Å²) in [6.45, 7) is 10.1. The lowest BCUT2D eigenvalue weighted by molar-refractivity contribution is 0.199. The van der Waals surface area contributed by atoms with Gasteiger partial charge in [-0.15, -0.1) is 0 Å². The minimum Gasteiger partial charge on any atom is -0.443 e. The summed E-state index contributed by atoms with van der Waals surface area (Å²) < 4.78 is 5.66. The molecule has 1 aliphatic rings. The minimum atomic E-state index is -0.482. The van der Waals surface area contributed by atoms with Crippen molar-refractivity contribution in [3.05, 3.63) is 58.2 Å². The van der Waals surface area contributed by atoms with Gasteiger partial charge in [-0.1, -0.05) is 58.9 Å². The number of benzene rings is 1. The molecule has 0 spiro atoms. The van der Waals surface area contributed by atoms with Gasteiger partial charge >= 0.3 is 0 Å². The molecule has 1 heterocycles. The average Bonchev–Trinajstić information content (AvgIpc) is 2.53. The van der Waals surface area contributed by atoms with Gasteiger partial charge in [-0.25, -0.2) is 0 Å². The molecule has 0 radical (unpaired) electrons. The summed E-state index contributed by atoms with van der Waals surface area (Å²) in [4.78, 5) is 0. The second-order valence-corrected chi connectivity index (χ2v) is 7.35. The second kappa shape index (κ2) is 6.42. The van der Waals surface area contributed by atoms with Crippen molar-refractivity contribution in [2.75, 3.05) is 0 Å². The predicted molar refractivity (Wildman–Crippen MR) is 93.3 cm³/mol. The Morgan fingerprint density at radius 1 is 1.04 bits per heavy atom. The Balaban J connectivity index is 2.65. The molecular formula is C20H23N3O. The van der Waals surface area contributed by atoms with E-state index in [1.807, 2.05) is 45.0 Å². The highest BCUT2D eigenvalue weighted by Gasteiger charge is 2.37. The van der Waals surface area contributed by atoms with Crippen molar-refractivity contribution >= 4 is 0 Å². The molecule has 0 bridgehead atoms. The van der Waals surface area contributed by atoms with Crippen LogP contribution in [0.1, 0.15) is 57.6 Å². The van der Waals surface area contributed by atoms with Crippen LogP contribution in [0, 0.1) is 28.1 Å². The molecule has 4 heteroatoms. The van der Waals surface area contributed by atoms with Crippen LogP contribution in [0.15, 0.2) is 47.1 Å². The lowest BCUT2D eigenvalue weighted by atomic mass is 9.78. The van der Waals surface area contributed by atoms with Gasteiger partial charge in [0.1, 0.15) is 17.4 Å². The van der Waals surface area contributed by atoms with E-state index in [1.165, 1.54) is 5.56 Å². The summed E-state index contributed by atoms with van der Waals surface area (Å²) in [5.74, 6) is 0.545. The quantitative estimate of drug-likeness (QED) is 0.872. The van der Waals surface area contributed by atoms with Crippen LogP contribution in [0.4, 0.5) is 0 Å². The van der Waals surface area contributed by atoms with Gasteiger partial charge in [0.2, 0.25) is 5.88 Å². The Bertz CT molecular complexity index is 778. The first-order valence-corrected chi connectivity index (χ1v) is 8.02. The Morgan fingerprint density at radius 3 is 2.00 bits per heavy atom. The van der Waals surface area contributed by atoms with E-state index in [0.717, 1.165) is 5.56 Å². The zero-order valence-corrected chi connectivity index (χ0v) is 14.8. The first-order valence-electron chi connectivity index (χ1n) is 8.02. The van der Waals surface area contributed by atoms with Gasteiger partial charge in [0.25, 0.3) is 0 Å². The van der Waals surface area contributed by atoms with Crippen molar-refractivity contribution in [1.29, 1.82) is 10.5 Å². The maximum absolute atomic E-state index is 9.74. The molecule has 2 rings (SSSR count). The standard InChI is InChI=1S/C20H23N3O/c1-12(2)13-6-8-14(9-7-13)17-15(10-21)18(20(3,4)5)24-19(23)16(17)11-22/h6-9,12,17H,23H2,1-5H3. The van der Waals surface area contributed by atoms with Crippen LogP contribution < -0.4 is 5.73 Å². The molecule has 2 N–H and O–H groups in total. The molecule has 1 unspecified atom stereocenters. The van der Waals surface area contributed by atoms with E-state index in [2.05, 4.69) is 26.0 Å². The highest BCUT2D eigenvalue weighted by Crippen LogP contribution is 2.44. The minimum absolute atomic E-state index is 0.0827. The number of rotatable bonds is 2. The van der Waals surface area contributed by atoms with E-state index in [9.17, 15) is 10.5 Å². The van der Waals surface area contributed by atoms with E-state index in [4.69, 9.17) is 10.5 Å². The lowest BCUT2D eigenvalue weighted by Gasteiger charge is -2.32. The number of ether oxygens (including phenoxy) is 1. The van der Waals surface area contributed by atoms with Crippen molar-refractivity contribution in [1.82, 2.24) is 0 Å². The highest BCUT2D eigenvalue weighted by molar-refractivity contribution is 5.54. The SMILES string of the molecule is CC(C)c1ccc(C2C(C#N)=C(N)OC(C(C)(C)C)=C2C#N)cc1. The fourth-order valence-corrected chi connectivity index (χ4v) is 2.84. The summed E-state index contributed by atoms with van der Waals surface area (Å²) in [6.07, 6.45) is 0. The molecule has 1 aromatic carbocycles. The van der Waals surface area contributed by atoms with Crippen LogP contribution in [0.25, 0.3) is 0 Å². The second-order valence-electron chi connectivity index (χ2n) is 7.35. The maximum Gasteiger partial charge on any atom is 0.205 e. The third-order valence-electron chi connectivity index (χ3n) is 4.16. The van der Waals surface area contributed by atoms with E-state index in [-0.39, 0.29) is 16.9 Å². The monoisotopic (exact) mass is 321 g/mol. The third-order valence-corrected chi connectivity index (χ3v) is 4.16. The van der Waals surface area contributed by atoms with Gasteiger partial charge in [-0.3, -0.25) is 0 Å². The van der Waals surface area contributed by atoms with E-state index in [1.54, 1.807) is 0 Å². The summed E-state index contributed by atoms with van der Waals surface area (Å²) in [5.41, 5.74) is 8.43. The molecule has 124 valence electrons. The lowest BCUT2D eigenvalue weighted by Crippen LogP contribution is -2.26. The molecular weight excluding hydrogens is 298 g/mol. The zero-order chi connectivity index (χ0) is 18.1. The number of allylic oxidation sites excluding steroid dienone is 3. The summed E-state index contributed by atoms with van der Waals surface area (Å²) in [5, 5.41) is 19.3. The maximum atomic E-state index is 9.74. The Hall–Kier alpha value is -2.72. The van der Waals surface area contributed by atoms with Gasteiger partial charge in [-0.05, 0) is 17.0 Å². The van der Waals surface area contributed by atoms with Gasteiger partial charge < -0.3 is 10.5 Å². The molecule has 0 saturated heterocycles. The Morgan fingerprint density at radius 2 is 1.58 bits per heavy atom. The number of hydrogen-bond donors (Lipinski definition) is 1. The molecule has 24 heavy (non-hydrogen) atoms. The molecule has 0 aromatic heterocycles. The molecule has 1 atom stereocenters. The Labute approximate surface area is 143 Å².